The zero-order chi connectivity index (χ0) is 23.9. The van der Waals surface area contributed by atoms with E-state index in [0.717, 1.165) is 17.5 Å². The third-order valence-electron chi connectivity index (χ3n) is 6.51. The lowest BCUT2D eigenvalue weighted by Gasteiger charge is -2.17. The first-order valence-electron chi connectivity index (χ1n) is 11.7. The second-order valence-corrected chi connectivity index (χ2v) is 8.66. The topological polar surface area (TPSA) is 114 Å². The molecule has 0 bridgehead atoms. The van der Waals surface area contributed by atoms with Crippen LogP contribution in [0.4, 0.5) is 4.79 Å². The van der Waals surface area contributed by atoms with Gasteiger partial charge >= 0.3 is 12.1 Å². The van der Waals surface area contributed by atoms with Crippen LogP contribution in [0.5, 0.6) is 0 Å². The van der Waals surface area contributed by atoms with E-state index < -0.39 is 18.0 Å². The minimum Gasteiger partial charge on any atom is -0.481 e. The minimum atomic E-state index is -0.863. The van der Waals surface area contributed by atoms with Gasteiger partial charge in [0.1, 0.15) is 6.61 Å². The fourth-order valence-corrected chi connectivity index (χ4v) is 4.85. The molecule has 3 N–H and O–H groups in total. The molecule has 0 aliphatic heterocycles. The maximum Gasteiger partial charge on any atom is 0.407 e. The Balaban J connectivity index is 1.12. The van der Waals surface area contributed by atoms with Gasteiger partial charge in [-0.3, -0.25) is 9.59 Å². The fourth-order valence-electron chi connectivity index (χ4n) is 4.85. The average molecular weight is 467 g/mol. The van der Waals surface area contributed by atoms with Crippen molar-refractivity contribution >= 4 is 18.0 Å². The average Bonchev–Trinajstić information content (AvgIpc) is 3.42. The molecule has 2 aromatic carbocycles. The highest BCUT2D eigenvalue weighted by molar-refractivity contribution is 5.79. The van der Waals surface area contributed by atoms with Gasteiger partial charge in [-0.25, -0.2) is 4.79 Å². The van der Waals surface area contributed by atoms with Crippen molar-refractivity contribution in [3.05, 3.63) is 59.7 Å². The van der Waals surface area contributed by atoms with Gasteiger partial charge in [0.25, 0.3) is 0 Å². The van der Waals surface area contributed by atoms with Crippen molar-refractivity contribution in [2.24, 2.45) is 5.92 Å². The second kappa shape index (κ2) is 11.2. The summed E-state index contributed by atoms with van der Waals surface area (Å²) in [6, 6.07) is 16.0. The van der Waals surface area contributed by atoms with Crippen LogP contribution in [0.25, 0.3) is 11.1 Å². The lowest BCUT2D eigenvalue weighted by molar-refractivity contribution is -0.142. The van der Waals surface area contributed by atoms with Gasteiger partial charge in [-0.05, 0) is 35.1 Å². The largest absolute Gasteiger partial charge is 0.481 e. The number of aliphatic carboxylic acids is 1. The normalized spacial score (nSPS) is 18.7. The van der Waals surface area contributed by atoms with Crippen molar-refractivity contribution in [1.29, 1.82) is 0 Å². The summed E-state index contributed by atoms with van der Waals surface area (Å²) in [5.41, 5.74) is 4.67. The summed E-state index contributed by atoms with van der Waals surface area (Å²) in [6.07, 6.45) is 1.73. The highest BCUT2D eigenvalue weighted by Crippen LogP contribution is 2.44. The van der Waals surface area contributed by atoms with Crippen molar-refractivity contribution in [1.82, 2.24) is 10.6 Å². The Bertz CT molecular complexity index is 994. The predicted molar refractivity (Wildman–Crippen MR) is 125 cm³/mol. The van der Waals surface area contributed by atoms with Crippen molar-refractivity contribution in [3.8, 4) is 11.1 Å². The number of carboxylic acids is 1. The van der Waals surface area contributed by atoms with Crippen LogP contribution in [0, 0.1) is 5.92 Å². The Hall–Kier alpha value is -3.39. The third kappa shape index (κ3) is 5.56. The molecule has 180 valence electrons. The number of fused-ring (bicyclic) bond motifs is 3. The van der Waals surface area contributed by atoms with Crippen molar-refractivity contribution in [2.75, 3.05) is 26.4 Å². The summed E-state index contributed by atoms with van der Waals surface area (Å²) in [5.74, 6) is -1.58. The molecule has 0 spiro atoms. The zero-order valence-corrected chi connectivity index (χ0v) is 19.0. The quantitative estimate of drug-likeness (QED) is 0.463. The van der Waals surface area contributed by atoms with Crippen LogP contribution in [-0.4, -0.2) is 55.5 Å². The van der Waals surface area contributed by atoms with Crippen molar-refractivity contribution < 1.29 is 29.0 Å². The van der Waals surface area contributed by atoms with Gasteiger partial charge in [-0.2, -0.15) is 0 Å². The van der Waals surface area contributed by atoms with Crippen LogP contribution in [0.15, 0.2) is 48.5 Å². The molecule has 2 aliphatic rings. The Morgan fingerprint density at radius 1 is 0.941 bits per heavy atom. The van der Waals surface area contributed by atoms with E-state index in [4.69, 9.17) is 9.47 Å². The number of hydrogen-bond acceptors (Lipinski definition) is 5. The SMILES string of the molecule is O=C(CCOCCNC(=O)OCC1c2ccccc2-c2ccccc21)N[C@H]1CCC[C@H]1C(=O)O. The number of rotatable bonds is 10. The van der Waals surface area contributed by atoms with Crippen molar-refractivity contribution in [2.45, 2.75) is 37.6 Å². The van der Waals surface area contributed by atoms with E-state index >= 15 is 0 Å². The number of carbonyl (C=O) groups excluding carboxylic acids is 2. The minimum absolute atomic E-state index is 0.00787. The molecule has 1 fully saturated rings. The number of carboxylic acid groups (broad SMARTS) is 1. The van der Waals surface area contributed by atoms with Crippen LogP contribution in [0.2, 0.25) is 0 Å². The molecule has 2 atom stereocenters. The van der Waals surface area contributed by atoms with Crippen LogP contribution < -0.4 is 10.6 Å². The van der Waals surface area contributed by atoms with Gasteiger partial charge < -0.3 is 25.2 Å². The van der Waals surface area contributed by atoms with Gasteiger partial charge in [0, 0.05) is 24.9 Å². The molecule has 8 heteroatoms. The number of benzene rings is 2. The van der Waals surface area contributed by atoms with Crippen LogP contribution in [0.1, 0.15) is 42.7 Å². The molecule has 0 radical (unpaired) electrons. The summed E-state index contributed by atoms with van der Waals surface area (Å²) < 4.78 is 10.9. The Kier molecular flexibility index (Phi) is 7.80. The van der Waals surface area contributed by atoms with E-state index in [1.54, 1.807) is 0 Å². The van der Waals surface area contributed by atoms with Gasteiger partial charge in [0.2, 0.25) is 5.91 Å². The molecule has 2 aromatic rings. The van der Waals surface area contributed by atoms with Crippen LogP contribution in [0.3, 0.4) is 0 Å². The Morgan fingerprint density at radius 3 is 2.29 bits per heavy atom. The Labute approximate surface area is 198 Å². The van der Waals surface area contributed by atoms with E-state index in [1.807, 2.05) is 24.3 Å². The van der Waals surface area contributed by atoms with E-state index in [2.05, 4.69) is 34.9 Å². The van der Waals surface area contributed by atoms with E-state index in [0.29, 0.717) is 12.8 Å². The molecule has 34 heavy (non-hydrogen) atoms. The summed E-state index contributed by atoms with van der Waals surface area (Å²) in [6.45, 7) is 0.961. The van der Waals surface area contributed by atoms with Gasteiger partial charge in [0.15, 0.2) is 0 Å². The predicted octanol–water partition coefficient (Wildman–Crippen LogP) is 3.30. The molecule has 0 heterocycles. The van der Waals surface area contributed by atoms with Gasteiger partial charge in [-0.15, -0.1) is 0 Å². The fraction of sp³-hybridized carbons (Fsp3) is 0.423. The molecule has 1 saturated carbocycles. The number of carbonyl (C=O) groups is 3. The summed E-state index contributed by atoms with van der Waals surface area (Å²) in [4.78, 5) is 35.4. The van der Waals surface area contributed by atoms with E-state index in [9.17, 15) is 19.5 Å². The second-order valence-electron chi connectivity index (χ2n) is 8.66. The lowest BCUT2D eigenvalue weighted by atomic mass is 9.98. The number of ether oxygens (including phenoxy) is 2. The van der Waals surface area contributed by atoms with E-state index in [1.165, 1.54) is 11.1 Å². The molecular weight excluding hydrogens is 436 g/mol. The molecule has 0 unspecified atom stereocenters. The summed E-state index contributed by atoms with van der Waals surface area (Å²) in [5, 5.41) is 14.6. The highest BCUT2D eigenvalue weighted by Gasteiger charge is 2.33. The lowest BCUT2D eigenvalue weighted by Crippen LogP contribution is -2.40. The third-order valence-corrected chi connectivity index (χ3v) is 6.51. The molecular formula is C26H30N2O6. The first-order chi connectivity index (χ1) is 16.5. The Morgan fingerprint density at radius 2 is 1.62 bits per heavy atom. The standard InChI is InChI=1S/C26H30N2O6/c29-24(28-23-11-5-10-21(23)25(30)31)12-14-33-15-13-27-26(32)34-16-22-19-8-3-1-6-17(19)18-7-2-4-9-20(18)22/h1-4,6-9,21-23H,5,10-16H2,(H,27,32)(H,28,29)(H,30,31)/t21-,23+/m1/s1. The summed E-state index contributed by atoms with van der Waals surface area (Å²) >= 11 is 0. The van der Waals surface area contributed by atoms with Crippen molar-refractivity contribution in [3.63, 3.8) is 0 Å². The van der Waals surface area contributed by atoms with Crippen LogP contribution in [-0.2, 0) is 19.1 Å². The van der Waals surface area contributed by atoms with E-state index in [-0.39, 0.29) is 50.7 Å². The monoisotopic (exact) mass is 466 g/mol. The number of alkyl carbamates (subject to hydrolysis) is 1. The van der Waals surface area contributed by atoms with Gasteiger partial charge in [0.05, 0.1) is 19.1 Å². The molecule has 0 aromatic heterocycles. The first kappa shape index (κ1) is 23.8. The summed E-state index contributed by atoms with van der Waals surface area (Å²) in [7, 11) is 0. The van der Waals surface area contributed by atoms with Crippen LogP contribution >= 0.6 is 0 Å². The van der Waals surface area contributed by atoms with Gasteiger partial charge in [-0.1, -0.05) is 55.0 Å². The maximum absolute atomic E-state index is 12.1. The number of amides is 2. The first-order valence-corrected chi connectivity index (χ1v) is 11.7. The number of nitrogens with one attached hydrogen (secondary N) is 2. The molecule has 2 amide bonds. The highest BCUT2D eigenvalue weighted by atomic mass is 16.5. The number of hydrogen-bond donors (Lipinski definition) is 3. The smallest absolute Gasteiger partial charge is 0.407 e. The maximum atomic E-state index is 12.1. The molecule has 8 nitrogen and oxygen atoms in total. The molecule has 4 rings (SSSR count). The zero-order valence-electron chi connectivity index (χ0n) is 19.0. The molecule has 2 aliphatic carbocycles. The molecule has 0 saturated heterocycles.